The summed E-state index contributed by atoms with van der Waals surface area (Å²) in [6, 6.07) is 20.0. The molecule has 1 heterocycles. The van der Waals surface area contributed by atoms with Gasteiger partial charge in [-0.1, -0.05) is 43.7 Å². The Labute approximate surface area is 198 Å². The van der Waals surface area contributed by atoms with Crippen LogP contribution in [0.1, 0.15) is 54.5 Å². The van der Waals surface area contributed by atoms with Crippen molar-refractivity contribution in [2.24, 2.45) is 0 Å². The van der Waals surface area contributed by atoms with Crippen LogP contribution in [0.2, 0.25) is 0 Å². The van der Waals surface area contributed by atoms with Gasteiger partial charge in [0.1, 0.15) is 11.6 Å². The van der Waals surface area contributed by atoms with E-state index in [1.54, 1.807) is 15.5 Å². The Balaban J connectivity index is 1.91. The number of para-hydroxylation sites is 2. The fraction of sp³-hybridized carbons (Fsp3) is 0.250. The fourth-order valence-corrected chi connectivity index (χ4v) is 4.17. The van der Waals surface area contributed by atoms with Crippen LogP contribution >= 0.6 is 0 Å². The third kappa shape index (κ3) is 4.49. The van der Waals surface area contributed by atoms with Crippen LogP contribution in [0.4, 0.5) is 4.39 Å². The highest BCUT2D eigenvalue weighted by Crippen LogP contribution is 2.26. The molecule has 1 atom stereocenters. The molecule has 4 rings (SSSR count). The van der Waals surface area contributed by atoms with E-state index in [0.717, 1.165) is 24.1 Å². The minimum Gasteiger partial charge on any atom is -0.329 e. The minimum atomic E-state index is -0.499. The summed E-state index contributed by atoms with van der Waals surface area (Å²) < 4.78 is 15.1. The summed E-state index contributed by atoms with van der Waals surface area (Å²) in [5.41, 5.74) is 2.47. The number of carbonyl (C=O) groups is 1. The van der Waals surface area contributed by atoms with Gasteiger partial charge in [0.2, 0.25) is 0 Å². The molecule has 0 N–H and O–H groups in total. The van der Waals surface area contributed by atoms with E-state index < -0.39 is 11.9 Å². The zero-order valence-electron chi connectivity index (χ0n) is 19.7. The van der Waals surface area contributed by atoms with Crippen molar-refractivity contribution < 1.29 is 9.18 Å². The number of halogens is 1. The third-order valence-electron chi connectivity index (χ3n) is 6.10. The van der Waals surface area contributed by atoms with Gasteiger partial charge in [0.15, 0.2) is 0 Å². The van der Waals surface area contributed by atoms with Gasteiger partial charge in [-0.25, -0.2) is 9.37 Å². The first kappa shape index (κ1) is 23.4. The number of aromatic nitrogens is 2. The number of hydrogen-bond acceptors (Lipinski definition) is 3. The molecular weight excluding hydrogens is 429 g/mol. The fourth-order valence-electron chi connectivity index (χ4n) is 4.17. The van der Waals surface area contributed by atoms with Crippen LogP contribution in [-0.2, 0) is 0 Å². The predicted molar refractivity (Wildman–Crippen MR) is 133 cm³/mol. The molecule has 0 saturated carbocycles. The van der Waals surface area contributed by atoms with E-state index in [4.69, 9.17) is 4.98 Å². The lowest BCUT2D eigenvalue weighted by Crippen LogP contribution is -2.38. The van der Waals surface area contributed by atoms with E-state index >= 15 is 0 Å². The summed E-state index contributed by atoms with van der Waals surface area (Å²) >= 11 is 0. The lowest BCUT2D eigenvalue weighted by atomic mass is 10.1. The minimum absolute atomic E-state index is 0.175. The Morgan fingerprint density at radius 2 is 1.71 bits per heavy atom. The molecule has 0 aliphatic heterocycles. The van der Waals surface area contributed by atoms with E-state index in [9.17, 15) is 14.0 Å². The largest absolute Gasteiger partial charge is 0.329 e. The number of rotatable bonds is 7. The molecule has 4 aromatic rings. The Kier molecular flexibility index (Phi) is 6.87. The third-order valence-corrected chi connectivity index (χ3v) is 6.10. The lowest BCUT2D eigenvalue weighted by Gasteiger charge is -2.31. The van der Waals surface area contributed by atoms with Crippen LogP contribution in [0, 0.1) is 12.7 Å². The number of hydrogen-bond donors (Lipinski definition) is 0. The standard InChI is InChI=1S/C28H28FN3O2/c1-4-5-18-31(27(33)21-14-16-22(29)17-15-21)20(3)26-30-24-12-8-7-11-23(24)28(34)32(26)25-13-9-6-10-19(25)2/h6-17,20H,4-5,18H2,1-3H3. The van der Waals surface area contributed by atoms with Crippen molar-refractivity contribution in [2.45, 2.75) is 39.7 Å². The van der Waals surface area contributed by atoms with Crippen LogP contribution in [0.5, 0.6) is 0 Å². The Morgan fingerprint density at radius 1 is 1.03 bits per heavy atom. The topological polar surface area (TPSA) is 55.2 Å². The maximum absolute atomic E-state index is 13.7. The van der Waals surface area contributed by atoms with Gasteiger partial charge in [0.25, 0.3) is 11.5 Å². The number of aryl methyl sites for hydroxylation is 1. The second-order valence-electron chi connectivity index (χ2n) is 8.45. The van der Waals surface area contributed by atoms with Crippen LogP contribution in [0.25, 0.3) is 16.6 Å². The number of nitrogens with zero attached hydrogens (tertiary/aromatic N) is 3. The van der Waals surface area contributed by atoms with Crippen molar-refractivity contribution in [3.63, 3.8) is 0 Å². The van der Waals surface area contributed by atoms with E-state index in [0.29, 0.717) is 28.8 Å². The summed E-state index contributed by atoms with van der Waals surface area (Å²) in [5, 5.41) is 0.520. The van der Waals surface area contributed by atoms with Gasteiger partial charge in [0, 0.05) is 12.1 Å². The average Bonchev–Trinajstić information content (AvgIpc) is 2.85. The molecule has 1 unspecified atom stereocenters. The number of benzene rings is 3. The van der Waals surface area contributed by atoms with Gasteiger partial charge in [-0.2, -0.15) is 0 Å². The molecule has 3 aromatic carbocycles. The van der Waals surface area contributed by atoms with E-state index in [-0.39, 0.29) is 11.5 Å². The second-order valence-corrected chi connectivity index (χ2v) is 8.45. The van der Waals surface area contributed by atoms with Crippen LogP contribution in [0.15, 0.2) is 77.6 Å². The van der Waals surface area contributed by atoms with Crippen molar-refractivity contribution in [1.29, 1.82) is 0 Å². The van der Waals surface area contributed by atoms with E-state index in [1.165, 1.54) is 24.3 Å². The molecule has 34 heavy (non-hydrogen) atoms. The van der Waals surface area contributed by atoms with Gasteiger partial charge in [0.05, 0.1) is 22.6 Å². The van der Waals surface area contributed by atoms with Gasteiger partial charge in [-0.05, 0) is 68.3 Å². The maximum atomic E-state index is 13.7. The smallest absolute Gasteiger partial charge is 0.266 e. The number of unbranched alkanes of at least 4 members (excludes halogenated alkanes) is 1. The van der Waals surface area contributed by atoms with Crippen LogP contribution in [-0.4, -0.2) is 26.9 Å². The summed E-state index contributed by atoms with van der Waals surface area (Å²) in [6.45, 7) is 6.39. The van der Waals surface area contributed by atoms with Crippen molar-refractivity contribution in [2.75, 3.05) is 6.54 Å². The maximum Gasteiger partial charge on any atom is 0.266 e. The normalized spacial score (nSPS) is 12.0. The zero-order valence-corrected chi connectivity index (χ0v) is 19.7. The van der Waals surface area contributed by atoms with Crippen molar-refractivity contribution in [1.82, 2.24) is 14.5 Å². The average molecular weight is 458 g/mol. The van der Waals surface area contributed by atoms with Crippen molar-refractivity contribution >= 4 is 16.8 Å². The molecule has 0 fully saturated rings. The molecule has 6 heteroatoms. The summed E-state index contributed by atoms with van der Waals surface area (Å²) in [6.07, 6.45) is 1.69. The monoisotopic (exact) mass is 457 g/mol. The molecule has 1 aromatic heterocycles. The number of carbonyl (C=O) groups excluding carboxylic acids is 1. The van der Waals surface area contributed by atoms with E-state index in [2.05, 4.69) is 6.92 Å². The van der Waals surface area contributed by atoms with E-state index in [1.807, 2.05) is 56.3 Å². The van der Waals surface area contributed by atoms with Crippen molar-refractivity contribution in [3.8, 4) is 5.69 Å². The van der Waals surface area contributed by atoms with Gasteiger partial charge >= 0.3 is 0 Å². The van der Waals surface area contributed by atoms with Gasteiger partial charge in [-0.15, -0.1) is 0 Å². The SMILES string of the molecule is CCCCN(C(=O)c1ccc(F)cc1)C(C)c1nc2ccccc2c(=O)n1-c1ccccc1C. The second kappa shape index (κ2) is 10.00. The molecule has 0 aliphatic carbocycles. The molecular formula is C28H28FN3O2. The summed E-state index contributed by atoms with van der Waals surface area (Å²) in [7, 11) is 0. The first-order valence-electron chi connectivity index (χ1n) is 11.6. The molecule has 174 valence electrons. The Bertz CT molecular complexity index is 1380. The molecule has 0 bridgehead atoms. The van der Waals surface area contributed by atoms with Gasteiger partial charge < -0.3 is 4.90 Å². The molecule has 0 radical (unpaired) electrons. The lowest BCUT2D eigenvalue weighted by molar-refractivity contribution is 0.0678. The first-order chi connectivity index (χ1) is 16.4. The molecule has 0 spiro atoms. The molecule has 1 amide bonds. The predicted octanol–water partition coefficient (Wildman–Crippen LogP) is 5.84. The van der Waals surface area contributed by atoms with Crippen LogP contribution in [0.3, 0.4) is 0 Å². The molecule has 5 nitrogen and oxygen atoms in total. The quantitative estimate of drug-likeness (QED) is 0.350. The highest BCUT2D eigenvalue weighted by atomic mass is 19.1. The van der Waals surface area contributed by atoms with Crippen molar-refractivity contribution in [3.05, 3.63) is 106 Å². The Hall–Kier alpha value is -3.80. The summed E-state index contributed by atoms with van der Waals surface area (Å²) in [4.78, 5) is 33.8. The zero-order chi connectivity index (χ0) is 24.2. The Morgan fingerprint density at radius 3 is 2.41 bits per heavy atom. The highest BCUT2D eigenvalue weighted by Gasteiger charge is 2.27. The number of fused-ring (bicyclic) bond motifs is 1. The molecule has 0 aliphatic rings. The van der Waals surface area contributed by atoms with Crippen LogP contribution < -0.4 is 5.56 Å². The first-order valence-corrected chi connectivity index (χ1v) is 11.6. The molecule has 0 saturated heterocycles. The van der Waals surface area contributed by atoms with Gasteiger partial charge in [-0.3, -0.25) is 14.2 Å². The highest BCUT2D eigenvalue weighted by molar-refractivity contribution is 5.94. The summed E-state index contributed by atoms with van der Waals surface area (Å²) in [5.74, 6) is -0.126. The number of amides is 1.